The molecule has 2 aromatic carbocycles. The van der Waals surface area contributed by atoms with E-state index >= 15 is 0 Å². The molecular formula is C24H26N2O3. The first-order chi connectivity index (χ1) is 14.2. The maximum Gasteiger partial charge on any atom is 0.260 e. The molecule has 1 atom stereocenters. The second kappa shape index (κ2) is 7.65. The number of carbonyl (C=O) groups excluding carboxylic acids is 1. The van der Waals surface area contributed by atoms with Gasteiger partial charge in [0.25, 0.3) is 5.91 Å². The molecule has 0 aliphatic carbocycles. The highest BCUT2D eigenvalue weighted by molar-refractivity contribution is 6.36. The first-order valence-electron chi connectivity index (χ1n) is 10.5. The highest BCUT2D eigenvalue weighted by Crippen LogP contribution is 2.41. The molecule has 1 unspecified atom stereocenters. The molecular weight excluding hydrogens is 364 g/mol. The maximum absolute atomic E-state index is 12.6. The summed E-state index contributed by atoms with van der Waals surface area (Å²) in [5, 5.41) is 12.4. The Labute approximate surface area is 171 Å². The van der Waals surface area contributed by atoms with E-state index in [-0.39, 0.29) is 5.91 Å². The molecule has 3 aliphatic heterocycles. The van der Waals surface area contributed by atoms with Crippen molar-refractivity contribution in [3.8, 4) is 0 Å². The average molecular weight is 390 g/mol. The zero-order valence-corrected chi connectivity index (χ0v) is 16.5. The van der Waals surface area contributed by atoms with Crippen molar-refractivity contribution in [3.63, 3.8) is 0 Å². The first kappa shape index (κ1) is 18.4. The van der Waals surface area contributed by atoms with Gasteiger partial charge in [-0.2, -0.15) is 0 Å². The summed E-state index contributed by atoms with van der Waals surface area (Å²) in [4.78, 5) is 15.0. The highest BCUT2D eigenvalue weighted by atomic mass is 16.5. The fourth-order valence-corrected chi connectivity index (χ4v) is 4.71. The number of para-hydroxylation sites is 1. The van der Waals surface area contributed by atoms with Crippen molar-refractivity contribution in [1.29, 1.82) is 0 Å². The standard InChI is InChI=1S/C24H26N2O3/c27-14-17-4-3-10-26(13-17)11-9-16-7-8-19-18(12-16)15-29-23(19)22-20-5-1-2-6-21(20)25-24(22)28/h1-2,5-8,12,17,27H,3-4,9-11,13-15H2,(H,25,28). The molecule has 1 fully saturated rings. The van der Waals surface area contributed by atoms with Crippen LogP contribution in [0.1, 0.15) is 35.1 Å². The number of hydrogen-bond acceptors (Lipinski definition) is 4. The van der Waals surface area contributed by atoms with Crippen LogP contribution in [0.5, 0.6) is 0 Å². The molecule has 0 radical (unpaired) electrons. The molecule has 5 rings (SSSR count). The van der Waals surface area contributed by atoms with Crippen LogP contribution >= 0.6 is 0 Å². The van der Waals surface area contributed by atoms with Crippen LogP contribution in [0.3, 0.4) is 0 Å². The summed E-state index contributed by atoms with van der Waals surface area (Å²) < 4.78 is 5.99. The van der Waals surface area contributed by atoms with E-state index in [2.05, 4.69) is 28.4 Å². The molecule has 1 amide bonds. The number of nitrogens with one attached hydrogen (secondary N) is 1. The minimum atomic E-state index is -0.0957. The van der Waals surface area contributed by atoms with Crippen molar-refractivity contribution in [2.24, 2.45) is 5.92 Å². The van der Waals surface area contributed by atoms with Crippen molar-refractivity contribution in [1.82, 2.24) is 4.90 Å². The number of nitrogens with zero attached hydrogens (tertiary/aromatic N) is 1. The van der Waals surface area contributed by atoms with Gasteiger partial charge >= 0.3 is 0 Å². The molecule has 150 valence electrons. The van der Waals surface area contributed by atoms with Gasteiger partial charge in [0.15, 0.2) is 0 Å². The average Bonchev–Trinajstić information content (AvgIpc) is 3.31. The number of anilines is 1. The number of amides is 1. The van der Waals surface area contributed by atoms with E-state index in [0.29, 0.717) is 30.5 Å². The third-order valence-electron chi connectivity index (χ3n) is 6.26. The summed E-state index contributed by atoms with van der Waals surface area (Å²) >= 11 is 0. The van der Waals surface area contributed by atoms with Crippen LogP contribution in [-0.2, 0) is 22.6 Å². The molecule has 5 heteroatoms. The second-order valence-corrected chi connectivity index (χ2v) is 8.23. The number of aliphatic hydroxyl groups excluding tert-OH is 1. The number of rotatable bonds is 4. The summed E-state index contributed by atoms with van der Waals surface area (Å²) in [6, 6.07) is 14.2. The Kier molecular flexibility index (Phi) is 4.86. The molecule has 0 spiro atoms. The normalized spacial score (nSPS) is 23.5. The Morgan fingerprint density at radius 1 is 1.17 bits per heavy atom. The summed E-state index contributed by atoms with van der Waals surface area (Å²) in [5.74, 6) is 1.02. The van der Waals surface area contributed by atoms with Crippen molar-refractivity contribution in [2.75, 3.05) is 31.6 Å². The smallest absolute Gasteiger partial charge is 0.260 e. The van der Waals surface area contributed by atoms with E-state index in [1.807, 2.05) is 24.3 Å². The quantitative estimate of drug-likeness (QED) is 0.787. The van der Waals surface area contributed by atoms with Crippen LogP contribution in [0.15, 0.2) is 42.5 Å². The summed E-state index contributed by atoms with van der Waals surface area (Å²) in [6.07, 6.45) is 3.29. The Bertz CT molecular complexity index is 982. The Balaban J connectivity index is 1.35. The number of aliphatic hydroxyl groups is 1. The zero-order chi connectivity index (χ0) is 19.8. The fraction of sp³-hybridized carbons (Fsp3) is 0.375. The van der Waals surface area contributed by atoms with E-state index in [1.54, 1.807) is 0 Å². The Hall–Kier alpha value is -2.63. The van der Waals surface area contributed by atoms with Crippen molar-refractivity contribution in [3.05, 3.63) is 64.7 Å². The number of likely N-dealkylation sites (tertiary alicyclic amines) is 1. The van der Waals surface area contributed by atoms with E-state index < -0.39 is 0 Å². The third kappa shape index (κ3) is 3.45. The fourth-order valence-electron chi connectivity index (χ4n) is 4.71. The minimum Gasteiger partial charge on any atom is -0.487 e. The molecule has 0 aromatic heterocycles. The third-order valence-corrected chi connectivity index (χ3v) is 6.26. The highest BCUT2D eigenvalue weighted by Gasteiger charge is 2.32. The van der Waals surface area contributed by atoms with E-state index in [9.17, 15) is 9.90 Å². The molecule has 2 aromatic rings. The van der Waals surface area contributed by atoms with Crippen LogP contribution in [0.25, 0.3) is 11.3 Å². The second-order valence-electron chi connectivity index (χ2n) is 8.23. The Morgan fingerprint density at radius 3 is 2.97 bits per heavy atom. The van der Waals surface area contributed by atoms with Crippen molar-refractivity contribution >= 4 is 22.9 Å². The molecule has 3 aliphatic rings. The molecule has 3 heterocycles. The van der Waals surface area contributed by atoms with E-state index in [4.69, 9.17) is 4.74 Å². The molecule has 29 heavy (non-hydrogen) atoms. The maximum atomic E-state index is 12.6. The molecule has 0 saturated carbocycles. The zero-order valence-electron chi connectivity index (χ0n) is 16.5. The number of ether oxygens (including phenoxy) is 1. The first-order valence-corrected chi connectivity index (χ1v) is 10.5. The van der Waals surface area contributed by atoms with Crippen LogP contribution in [0.4, 0.5) is 5.69 Å². The number of carbonyl (C=O) groups is 1. The van der Waals surface area contributed by atoms with Crippen molar-refractivity contribution < 1.29 is 14.6 Å². The van der Waals surface area contributed by atoms with Crippen LogP contribution in [0.2, 0.25) is 0 Å². The molecule has 5 nitrogen and oxygen atoms in total. The van der Waals surface area contributed by atoms with Gasteiger partial charge in [-0.3, -0.25) is 4.79 Å². The molecule has 0 bridgehead atoms. The topological polar surface area (TPSA) is 61.8 Å². The predicted molar refractivity (Wildman–Crippen MR) is 113 cm³/mol. The SMILES string of the molecule is O=C1Nc2ccccc2C1=C1OCc2cc(CCN3CCCC(CO)C3)ccc21. The van der Waals surface area contributed by atoms with Gasteiger partial charge in [0.05, 0.1) is 5.57 Å². The lowest BCUT2D eigenvalue weighted by molar-refractivity contribution is -0.110. The Morgan fingerprint density at radius 2 is 2.07 bits per heavy atom. The lowest BCUT2D eigenvalue weighted by atomic mass is 9.97. The van der Waals surface area contributed by atoms with Gasteiger partial charge in [0.1, 0.15) is 12.4 Å². The van der Waals surface area contributed by atoms with E-state index in [0.717, 1.165) is 54.9 Å². The minimum absolute atomic E-state index is 0.0957. The summed E-state index contributed by atoms with van der Waals surface area (Å²) in [7, 11) is 0. The van der Waals surface area contributed by atoms with Gasteiger partial charge in [0.2, 0.25) is 0 Å². The van der Waals surface area contributed by atoms with Gasteiger partial charge in [-0.1, -0.05) is 36.4 Å². The number of fused-ring (bicyclic) bond motifs is 2. The number of hydrogen-bond donors (Lipinski definition) is 2. The molecule has 2 N–H and O–H groups in total. The van der Waals surface area contributed by atoms with E-state index in [1.165, 1.54) is 12.0 Å². The van der Waals surface area contributed by atoms with Gasteiger partial charge in [-0.25, -0.2) is 0 Å². The predicted octanol–water partition coefficient (Wildman–Crippen LogP) is 3.28. The van der Waals surface area contributed by atoms with Crippen LogP contribution in [-0.4, -0.2) is 42.2 Å². The number of benzene rings is 2. The largest absolute Gasteiger partial charge is 0.487 e. The van der Waals surface area contributed by atoms with Crippen LogP contribution in [0, 0.1) is 5.92 Å². The number of piperidine rings is 1. The summed E-state index contributed by atoms with van der Waals surface area (Å²) in [5.41, 5.74) is 5.85. The van der Waals surface area contributed by atoms with Gasteiger partial charge in [-0.05, 0) is 43.4 Å². The summed E-state index contributed by atoms with van der Waals surface area (Å²) in [6.45, 7) is 3.93. The van der Waals surface area contributed by atoms with Gasteiger partial charge in [0, 0.05) is 42.1 Å². The lowest BCUT2D eigenvalue weighted by Gasteiger charge is -2.31. The lowest BCUT2D eigenvalue weighted by Crippen LogP contribution is -2.37. The van der Waals surface area contributed by atoms with Crippen LogP contribution < -0.4 is 5.32 Å². The molecule has 1 saturated heterocycles. The van der Waals surface area contributed by atoms with Crippen molar-refractivity contribution in [2.45, 2.75) is 25.9 Å². The monoisotopic (exact) mass is 390 g/mol. The van der Waals surface area contributed by atoms with Gasteiger partial charge in [-0.15, -0.1) is 0 Å². The van der Waals surface area contributed by atoms with Gasteiger partial charge < -0.3 is 20.1 Å².